The molecule has 118 valence electrons. The van der Waals surface area contributed by atoms with E-state index in [0.29, 0.717) is 0 Å². The molecule has 0 aliphatic carbocycles. The minimum absolute atomic E-state index is 0.960. The molecule has 23 heavy (non-hydrogen) atoms. The summed E-state index contributed by atoms with van der Waals surface area (Å²) in [5.74, 6) is 0. The number of rotatable bonds is 4. The number of nitrogens with one attached hydrogen (secondary N) is 2. The highest BCUT2D eigenvalue weighted by molar-refractivity contribution is 5.82. The molecule has 0 unspecified atom stereocenters. The Hall–Kier alpha value is -2.48. The van der Waals surface area contributed by atoms with Crippen molar-refractivity contribution in [2.75, 3.05) is 0 Å². The molecule has 3 aromatic rings. The molecule has 0 saturated carbocycles. The summed E-state index contributed by atoms with van der Waals surface area (Å²) in [5, 5.41) is 3.34. The van der Waals surface area contributed by atoms with Crippen LogP contribution in [0, 0.1) is 13.8 Å². The Morgan fingerprint density at radius 1 is 1.17 bits per heavy atom. The van der Waals surface area contributed by atoms with E-state index in [1.165, 1.54) is 33.5 Å². The maximum absolute atomic E-state index is 4.16. The first-order chi connectivity index (χ1) is 11.0. The molecule has 3 rings (SSSR count). The van der Waals surface area contributed by atoms with Gasteiger partial charge in [-0.1, -0.05) is 30.4 Å². The van der Waals surface area contributed by atoms with E-state index in [0.717, 1.165) is 28.9 Å². The van der Waals surface area contributed by atoms with Crippen molar-refractivity contribution in [3.05, 3.63) is 69.5 Å². The van der Waals surface area contributed by atoms with Gasteiger partial charge in [0, 0.05) is 32.9 Å². The molecule has 2 aromatic heterocycles. The smallest absolute Gasteiger partial charge is 0.0464 e. The van der Waals surface area contributed by atoms with E-state index < -0.39 is 0 Å². The number of aryl methyl sites for hydroxylation is 1. The molecule has 0 amide bonds. The third-order valence-electron chi connectivity index (χ3n) is 4.55. The molecule has 1 aromatic carbocycles. The molecular weight excluding hydrogens is 280 g/mol. The fraction of sp³-hybridized carbons (Fsp3) is 0.238. The van der Waals surface area contributed by atoms with E-state index in [4.69, 9.17) is 0 Å². The van der Waals surface area contributed by atoms with Crippen molar-refractivity contribution < 1.29 is 0 Å². The van der Waals surface area contributed by atoms with E-state index in [1.807, 2.05) is 6.07 Å². The van der Waals surface area contributed by atoms with Crippen molar-refractivity contribution in [1.82, 2.24) is 9.97 Å². The number of H-pyrrole nitrogens is 2. The van der Waals surface area contributed by atoms with Crippen molar-refractivity contribution in [1.29, 1.82) is 0 Å². The lowest BCUT2D eigenvalue weighted by Gasteiger charge is -2.02. The molecule has 0 aliphatic rings. The third-order valence-corrected chi connectivity index (χ3v) is 4.55. The number of hydrogen-bond donors (Lipinski definition) is 2. The Kier molecular flexibility index (Phi) is 3.99. The van der Waals surface area contributed by atoms with Gasteiger partial charge in [0.05, 0.1) is 0 Å². The monoisotopic (exact) mass is 304 g/mol. The highest BCUT2D eigenvalue weighted by Crippen LogP contribution is 2.21. The molecule has 0 bridgehead atoms. The minimum atomic E-state index is 0.960. The van der Waals surface area contributed by atoms with E-state index in [9.17, 15) is 0 Å². The quantitative estimate of drug-likeness (QED) is 0.686. The van der Waals surface area contributed by atoms with Gasteiger partial charge in [0.15, 0.2) is 0 Å². The Morgan fingerprint density at radius 3 is 2.65 bits per heavy atom. The average molecular weight is 304 g/mol. The number of para-hydroxylation sites is 1. The third kappa shape index (κ3) is 2.89. The number of fused-ring (bicyclic) bond motifs is 1. The van der Waals surface area contributed by atoms with E-state index in [1.54, 1.807) is 0 Å². The van der Waals surface area contributed by atoms with Gasteiger partial charge in [-0.25, -0.2) is 0 Å². The summed E-state index contributed by atoms with van der Waals surface area (Å²) in [4.78, 5) is 6.90. The van der Waals surface area contributed by atoms with Crippen molar-refractivity contribution in [2.45, 2.75) is 33.6 Å². The van der Waals surface area contributed by atoms with Gasteiger partial charge in [-0.05, 0) is 56.9 Å². The standard InChI is InChI=1S/C21H24N2/c1-13(2)10-11-17-14(3)21(23-15(17)4)12-19-16(5)22-20-9-7-6-8-18(19)20/h6-9,12,22-23H,1,5,10-11H2,2-4H3/b19-12+. The van der Waals surface area contributed by atoms with Crippen LogP contribution < -0.4 is 10.6 Å². The van der Waals surface area contributed by atoms with Gasteiger partial charge in [0.1, 0.15) is 0 Å². The van der Waals surface area contributed by atoms with Crippen LogP contribution in [0.4, 0.5) is 0 Å². The second kappa shape index (κ2) is 5.96. The van der Waals surface area contributed by atoms with E-state index in [2.05, 4.69) is 68.2 Å². The topological polar surface area (TPSA) is 31.6 Å². The average Bonchev–Trinajstić information content (AvgIpc) is 2.95. The fourth-order valence-electron chi connectivity index (χ4n) is 3.20. The number of hydrogen-bond acceptors (Lipinski definition) is 0. The maximum atomic E-state index is 4.16. The number of allylic oxidation sites excluding steroid dienone is 1. The Morgan fingerprint density at radius 2 is 1.91 bits per heavy atom. The predicted molar refractivity (Wildman–Crippen MR) is 100 cm³/mol. The summed E-state index contributed by atoms with van der Waals surface area (Å²) in [7, 11) is 0. The molecule has 0 saturated heterocycles. The van der Waals surface area contributed by atoms with Crippen LogP contribution in [0.3, 0.4) is 0 Å². The molecule has 0 fully saturated rings. The lowest BCUT2D eigenvalue weighted by molar-refractivity contribution is 0.928. The zero-order valence-electron chi connectivity index (χ0n) is 14.2. The van der Waals surface area contributed by atoms with Gasteiger partial charge in [-0.3, -0.25) is 0 Å². The summed E-state index contributed by atoms with van der Waals surface area (Å²) < 4.78 is 0. The van der Waals surface area contributed by atoms with Gasteiger partial charge < -0.3 is 9.97 Å². The second-order valence-corrected chi connectivity index (χ2v) is 6.43. The highest BCUT2D eigenvalue weighted by Gasteiger charge is 2.10. The molecule has 2 heterocycles. The van der Waals surface area contributed by atoms with Crippen LogP contribution in [0.2, 0.25) is 0 Å². The second-order valence-electron chi connectivity index (χ2n) is 6.43. The van der Waals surface area contributed by atoms with E-state index >= 15 is 0 Å². The number of benzene rings is 1. The van der Waals surface area contributed by atoms with Crippen LogP contribution in [0.15, 0.2) is 36.4 Å². The van der Waals surface area contributed by atoms with Gasteiger partial charge in [-0.2, -0.15) is 0 Å². The molecule has 2 nitrogen and oxygen atoms in total. The van der Waals surface area contributed by atoms with Crippen LogP contribution in [0.1, 0.15) is 35.9 Å². The molecule has 2 heteroatoms. The summed E-state index contributed by atoms with van der Waals surface area (Å²) in [5.41, 5.74) is 7.52. The minimum Gasteiger partial charge on any atom is -0.359 e. The highest BCUT2D eigenvalue weighted by atomic mass is 14.7. The first kappa shape index (κ1) is 15.4. The molecule has 0 aliphatic heterocycles. The van der Waals surface area contributed by atoms with Crippen molar-refractivity contribution in [3.8, 4) is 0 Å². The van der Waals surface area contributed by atoms with Crippen molar-refractivity contribution >= 4 is 23.6 Å². The van der Waals surface area contributed by atoms with Crippen molar-refractivity contribution in [3.63, 3.8) is 0 Å². The number of aromatic nitrogens is 2. The molecule has 0 atom stereocenters. The van der Waals surface area contributed by atoms with Crippen LogP contribution in [0.25, 0.3) is 23.6 Å². The first-order valence-corrected chi connectivity index (χ1v) is 8.07. The summed E-state index contributed by atoms with van der Waals surface area (Å²) in [6.07, 6.45) is 4.29. The van der Waals surface area contributed by atoms with Crippen molar-refractivity contribution in [2.24, 2.45) is 0 Å². The Labute approximate surface area is 137 Å². The lowest BCUT2D eigenvalue weighted by atomic mass is 10.0. The van der Waals surface area contributed by atoms with Crippen LogP contribution in [-0.4, -0.2) is 9.97 Å². The zero-order valence-corrected chi connectivity index (χ0v) is 14.2. The number of aromatic amines is 2. The van der Waals surface area contributed by atoms with Crippen LogP contribution in [0.5, 0.6) is 0 Å². The van der Waals surface area contributed by atoms with E-state index in [-0.39, 0.29) is 0 Å². The normalized spacial score (nSPS) is 12.2. The molecule has 0 radical (unpaired) electrons. The van der Waals surface area contributed by atoms with Gasteiger partial charge >= 0.3 is 0 Å². The largest absolute Gasteiger partial charge is 0.359 e. The predicted octanol–water partition coefficient (Wildman–Crippen LogP) is 3.86. The molecule has 2 N–H and O–H groups in total. The zero-order chi connectivity index (χ0) is 16.6. The van der Waals surface area contributed by atoms with Crippen LogP contribution in [-0.2, 0) is 6.42 Å². The van der Waals surface area contributed by atoms with Gasteiger partial charge in [0.2, 0.25) is 0 Å². The lowest BCUT2D eigenvalue weighted by Crippen LogP contribution is -2.20. The molecular formula is C21H24N2. The maximum Gasteiger partial charge on any atom is 0.0464 e. The Bertz CT molecular complexity index is 983. The summed E-state index contributed by atoms with van der Waals surface area (Å²) in [6, 6.07) is 8.34. The summed E-state index contributed by atoms with van der Waals surface area (Å²) in [6.45, 7) is 14.6. The SMILES string of the molecule is C=C(C)CCc1c(C)[nH]c(/C=c2\c(=C)[nH]c3ccccc23)c1C. The Balaban J connectivity index is 2.12. The fourth-order valence-corrected chi connectivity index (χ4v) is 3.20. The molecule has 0 spiro atoms. The van der Waals surface area contributed by atoms with Gasteiger partial charge in [-0.15, -0.1) is 6.58 Å². The van der Waals surface area contributed by atoms with Gasteiger partial charge in [0.25, 0.3) is 0 Å². The van der Waals surface area contributed by atoms with Crippen LogP contribution >= 0.6 is 0 Å². The first-order valence-electron chi connectivity index (χ1n) is 8.07. The summed E-state index contributed by atoms with van der Waals surface area (Å²) >= 11 is 0.